The van der Waals surface area contributed by atoms with Crippen molar-refractivity contribution in [2.24, 2.45) is 0 Å². The van der Waals surface area contributed by atoms with Gasteiger partial charge in [-0.05, 0) is 50.1 Å². The Balaban J connectivity index is 1.80. The first-order valence-electron chi connectivity index (χ1n) is 8.65. The summed E-state index contributed by atoms with van der Waals surface area (Å²) in [5.41, 5.74) is 3.54. The highest BCUT2D eigenvalue weighted by atomic mass is 19.1. The van der Waals surface area contributed by atoms with Gasteiger partial charge in [-0.1, -0.05) is 6.07 Å². The minimum atomic E-state index is -0.379. The third-order valence-corrected chi connectivity index (χ3v) is 4.67. The van der Waals surface area contributed by atoms with Gasteiger partial charge in [0.15, 0.2) is 0 Å². The lowest BCUT2D eigenvalue weighted by Crippen LogP contribution is -2.39. The molecule has 2 aromatic rings. The van der Waals surface area contributed by atoms with E-state index in [0.717, 1.165) is 29.9 Å². The van der Waals surface area contributed by atoms with Gasteiger partial charge >= 0.3 is 0 Å². The van der Waals surface area contributed by atoms with Gasteiger partial charge in [0.25, 0.3) is 5.91 Å². The van der Waals surface area contributed by atoms with E-state index in [1.54, 1.807) is 12.1 Å². The number of likely N-dealkylation sites (tertiary alicyclic amines) is 1. The highest BCUT2D eigenvalue weighted by Gasteiger charge is 2.27. The summed E-state index contributed by atoms with van der Waals surface area (Å²) < 4.78 is 13.4. The molecule has 0 bridgehead atoms. The second-order valence-electron chi connectivity index (χ2n) is 6.89. The summed E-state index contributed by atoms with van der Waals surface area (Å²) in [7, 11) is 4.03. The van der Waals surface area contributed by atoms with Crippen molar-refractivity contribution in [2.75, 3.05) is 32.1 Å². The zero-order valence-electron chi connectivity index (χ0n) is 15.0. The Labute approximate surface area is 148 Å². The number of benzene rings is 1. The number of hydrogen-bond acceptors (Lipinski definition) is 3. The maximum absolute atomic E-state index is 13.4. The lowest BCUT2D eigenvalue weighted by molar-refractivity contribution is 0.0705. The number of halogens is 1. The van der Waals surface area contributed by atoms with E-state index in [9.17, 15) is 9.18 Å². The summed E-state index contributed by atoms with van der Waals surface area (Å²) in [6.45, 7) is 3.33. The van der Waals surface area contributed by atoms with Gasteiger partial charge in [0.05, 0.1) is 0 Å². The fraction of sp³-hybridized carbons (Fsp3) is 0.400. The molecule has 1 atom stereocenters. The van der Waals surface area contributed by atoms with Crippen LogP contribution in [0, 0.1) is 12.7 Å². The molecule has 1 aliphatic heterocycles. The number of piperidine rings is 1. The number of carbonyl (C=O) groups is 1. The van der Waals surface area contributed by atoms with Crippen LogP contribution in [0.4, 0.5) is 10.1 Å². The van der Waals surface area contributed by atoms with Gasteiger partial charge in [0, 0.05) is 55.7 Å². The largest absolute Gasteiger partial charge is 0.378 e. The van der Waals surface area contributed by atoms with E-state index >= 15 is 0 Å². The number of carbonyl (C=O) groups excluding carboxylic acids is 1. The molecule has 2 heterocycles. The molecule has 132 valence electrons. The van der Waals surface area contributed by atoms with Crippen molar-refractivity contribution < 1.29 is 9.18 Å². The van der Waals surface area contributed by atoms with Crippen molar-refractivity contribution in [1.82, 2.24) is 9.88 Å². The summed E-state index contributed by atoms with van der Waals surface area (Å²) in [6, 6.07) is 10.1. The Morgan fingerprint density at radius 1 is 1.28 bits per heavy atom. The average Bonchev–Trinajstić information content (AvgIpc) is 2.60. The first-order chi connectivity index (χ1) is 11.9. The second-order valence-corrected chi connectivity index (χ2v) is 6.89. The van der Waals surface area contributed by atoms with Crippen LogP contribution >= 0.6 is 0 Å². The van der Waals surface area contributed by atoms with Crippen molar-refractivity contribution in [2.45, 2.75) is 25.7 Å². The third kappa shape index (κ3) is 3.98. The van der Waals surface area contributed by atoms with E-state index in [1.807, 2.05) is 25.9 Å². The first kappa shape index (κ1) is 17.4. The number of aromatic nitrogens is 1. The monoisotopic (exact) mass is 341 g/mol. The quantitative estimate of drug-likeness (QED) is 0.856. The molecule has 1 aromatic heterocycles. The molecule has 0 N–H and O–H groups in total. The molecule has 1 unspecified atom stereocenters. The lowest BCUT2D eigenvalue weighted by atomic mass is 9.93. The number of anilines is 1. The Hall–Kier alpha value is -2.43. The maximum atomic E-state index is 13.4. The zero-order chi connectivity index (χ0) is 18.0. The molecule has 0 aliphatic carbocycles. The molecule has 5 heteroatoms. The number of amides is 1. The number of hydrogen-bond donors (Lipinski definition) is 0. The van der Waals surface area contributed by atoms with E-state index in [4.69, 9.17) is 4.98 Å². The van der Waals surface area contributed by atoms with Crippen molar-refractivity contribution in [3.05, 3.63) is 59.2 Å². The van der Waals surface area contributed by atoms with Crippen molar-refractivity contribution in [3.8, 4) is 0 Å². The van der Waals surface area contributed by atoms with Crippen LogP contribution < -0.4 is 4.90 Å². The Morgan fingerprint density at radius 3 is 2.80 bits per heavy atom. The van der Waals surface area contributed by atoms with Crippen LogP contribution in [0.1, 0.15) is 40.5 Å². The van der Waals surface area contributed by atoms with E-state index in [0.29, 0.717) is 18.7 Å². The van der Waals surface area contributed by atoms with Crippen LogP contribution in [-0.2, 0) is 0 Å². The highest BCUT2D eigenvalue weighted by Crippen LogP contribution is 2.29. The molecule has 0 radical (unpaired) electrons. The molecule has 4 nitrogen and oxygen atoms in total. The van der Waals surface area contributed by atoms with Crippen molar-refractivity contribution in [1.29, 1.82) is 0 Å². The topological polar surface area (TPSA) is 36.4 Å². The summed E-state index contributed by atoms with van der Waals surface area (Å²) in [5.74, 6) is -0.273. The Morgan fingerprint density at radius 2 is 2.08 bits per heavy atom. The smallest absolute Gasteiger partial charge is 0.253 e. The molecule has 0 spiro atoms. The van der Waals surface area contributed by atoms with Gasteiger partial charge in [0.2, 0.25) is 0 Å². The second kappa shape index (κ2) is 7.21. The van der Waals surface area contributed by atoms with Crippen molar-refractivity contribution in [3.63, 3.8) is 0 Å². The first-order valence-corrected chi connectivity index (χ1v) is 8.65. The predicted molar refractivity (Wildman–Crippen MR) is 97.6 cm³/mol. The number of pyridine rings is 1. The molecule has 1 aromatic carbocycles. The minimum absolute atomic E-state index is 0.107. The van der Waals surface area contributed by atoms with Crippen LogP contribution in [0.5, 0.6) is 0 Å². The standard InChI is InChI=1S/C20H24FN3O/c1-14-10-18(23(2)3)12-19(22-14)16-7-5-9-24(13-16)20(25)15-6-4-8-17(21)11-15/h4,6,8,10-12,16H,5,7,9,13H2,1-3H3. The molecular formula is C20H24FN3O. The predicted octanol–water partition coefficient (Wildman–Crippen LogP) is 3.61. The van der Waals surface area contributed by atoms with E-state index in [1.165, 1.54) is 12.1 Å². The van der Waals surface area contributed by atoms with Crippen molar-refractivity contribution >= 4 is 11.6 Å². The van der Waals surface area contributed by atoms with Gasteiger partial charge < -0.3 is 9.80 Å². The maximum Gasteiger partial charge on any atom is 0.253 e. The van der Waals surface area contributed by atoms with Crippen LogP contribution in [0.3, 0.4) is 0 Å². The van der Waals surface area contributed by atoms with Crippen LogP contribution in [0.25, 0.3) is 0 Å². The van der Waals surface area contributed by atoms with E-state index in [-0.39, 0.29) is 17.6 Å². The lowest BCUT2D eigenvalue weighted by Gasteiger charge is -2.33. The van der Waals surface area contributed by atoms with Gasteiger partial charge in [-0.25, -0.2) is 4.39 Å². The molecular weight excluding hydrogens is 317 g/mol. The summed E-state index contributed by atoms with van der Waals surface area (Å²) in [4.78, 5) is 21.3. The minimum Gasteiger partial charge on any atom is -0.378 e. The fourth-order valence-electron chi connectivity index (χ4n) is 3.35. The molecule has 3 rings (SSSR count). The molecule has 1 fully saturated rings. The number of nitrogens with zero attached hydrogens (tertiary/aromatic N) is 3. The van der Waals surface area contributed by atoms with E-state index in [2.05, 4.69) is 17.0 Å². The molecule has 25 heavy (non-hydrogen) atoms. The molecule has 0 saturated carbocycles. The summed E-state index contributed by atoms with van der Waals surface area (Å²) in [6.07, 6.45) is 1.94. The average molecular weight is 341 g/mol. The van der Waals surface area contributed by atoms with Gasteiger partial charge in [-0.2, -0.15) is 0 Å². The van der Waals surface area contributed by atoms with Crippen LogP contribution in [0.15, 0.2) is 36.4 Å². The van der Waals surface area contributed by atoms with Gasteiger partial charge in [0.1, 0.15) is 5.82 Å². The summed E-state index contributed by atoms with van der Waals surface area (Å²) >= 11 is 0. The third-order valence-electron chi connectivity index (χ3n) is 4.67. The van der Waals surface area contributed by atoms with Crippen LogP contribution in [0.2, 0.25) is 0 Å². The Bertz CT molecular complexity index is 775. The number of aryl methyl sites for hydroxylation is 1. The normalized spacial score (nSPS) is 17.4. The summed E-state index contributed by atoms with van der Waals surface area (Å²) in [5, 5.41) is 0. The SMILES string of the molecule is Cc1cc(N(C)C)cc(C2CCCN(C(=O)c3cccc(F)c3)C2)n1. The van der Waals surface area contributed by atoms with Gasteiger partial charge in [-0.15, -0.1) is 0 Å². The fourth-order valence-corrected chi connectivity index (χ4v) is 3.35. The Kier molecular flexibility index (Phi) is 5.02. The number of rotatable bonds is 3. The van der Waals surface area contributed by atoms with E-state index < -0.39 is 0 Å². The highest BCUT2D eigenvalue weighted by molar-refractivity contribution is 5.94. The van der Waals surface area contributed by atoms with Gasteiger partial charge in [-0.3, -0.25) is 9.78 Å². The zero-order valence-corrected chi connectivity index (χ0v) is 15.0. The molecule has 1 aliphatic rings. The molecule has 1 amide bonds. The molecule has 1 saturated heterocycles. The van der Waals surface area contributed by atoms with Crippen LogP contribution in [-0.4, -0.2) is 43.0 Å².